The Morgan fingerprint density at radius 1 is 1.10 bits per heavy atom. The Morgan fingerprint density at radius 2 is 1.71 bits per heavy atom. The van der Waals surface area contributed by atoms with E-state index in [4.69, 9.17) is 4.74 Å². The van der Waals surface area contributed by atoms with Gasteiger partial charge in [-0.15, -0.1) is 6.58 Å². The lowest BCUT2D eigenvalue weighted by Gasteiger charge is -2.33. The van der Waals surface area contributed by atoms with Crippen LogP contribution in [0.4, 0.5) is 4.79 Å². The Balaban J connectivity index is 3.23. The average molecular weight is 432 g/mol. The molecule has 0 aromatic heterocycles. The number of hydrogen-bond donors (Lipinski definition) is 2. The number of nitrogens with one attached hydrogen (secondary N) is 2. The minimum absolute atomic E-state index is 0.143. The van der Waals surface area contributed by atoms with Crippen LogP contribution < -0.4 is 10.6 Å². The van der Waals surface area contributed by atoms with Crippen LogP contribution in [0, 0.1) is 13.8 Å². The van der Waals surface area contributed by atoms with Crippen LogP contribution in [0.2, 0.25) is 0 Å². The van der Waals surface area contributed by atoms with Crippen molar-refractivity contribution in [3.63, 3.8) is 0 Å². The highest BCUT2D eigenvalue weighted by atomic mass is 16.6. The van der Waals surface area contributed by atoms with Crippen LogP contribution >= 0.6 is 0 Å². The molecule has 0 heterocycles. The molecule has 31 heavy (non-hydrogen) atoms. The highest BCUT2D eigenvalue weighted by molar-refractivity contribution is 5.90. The predicted octanol–water partition coefficient (Wildman–Crippen LogP) is 3.80. The number of nitrogens with zero attached hydrogens (tertiary/aromatic N) is 1. The second-order valence-electron chi connectivity index (χ2n) is 9.68. The maximum atomic E-state index is 13.3. The highest BCUT2D eigenvalue weighted by Gasteiger charge is 2.33. The van der Waals surface area contributed by atoms with Crippen LogP contribution in [0.1, 0.15) is 64.3 Å². The van der Waals surface area contributed by atoms with Crippen molar-refractivity contribution >= 4 is 17.9 Å². The molecule has 7 nitrogen and oxygen atoms in total. The first-order valence-corrected chi connectivity index (χ1v) is 10.4. The lowest BCUT2D eigenvalue weighted by molar-refractivity contribution is -0.140. The highest BCUT2D eigenvalue weighted by Crippen LogP contribution is 2.25. The van der Waals surface area contributed by atoms with E-state index in [9.17, 15) is 14.4 Å². The molecule has 0 saturated carbocycles. The van der Waals surface area contributed by atoms with Gasteiger partial charge in [0.1, 0.15) is 18.2 Å². The lowest BCUT2D eigenvalue weighted by atomic mass is 9.97. The maximum absolute atomic E-state index is 13.3. The summed E-state index contributed by atoms with van der Waals surface area (Å²) >= 11 is 0. The van der Waals surface area contributed by atoms with Crippen LogP contribution in [-0.2, 0) is 14.3 Å². The second kappa shape index (κ2) is 10.5. The topological polar surface area (TPSA) is 87.7 Å². The second-order valence-corrected chi connectivity index (χ2v) is 9.68. The van der Waals surface area contributed by atoms with E-state index in [2.05, 4.69) is 17.2 Å². The zero-order valence-corrected chi connectivity index (χ0v) is 20.1. The lowest BCUT2D eigenvalue weighted by Crippen LogP contribution is -2.51. The van der Waals surface area contributed by atoms with Gasteiger partial charge in [0.15, 0.2) is 0 Å². The van der Waals surface area contributed by atoms with Crippen molar-refractivity contribution < 1.29 is 19.1 Å². The summed E-state index contributed by atoms with van der Waals surface area (Å²) in [4.78, 5) is 39.7. The van der Waals surface area contributed by atoms with E-state index in [1.54, 1.807) is 26.8 Å². The maximum Gasteiger partial charge on any atom is 0.408 e. The monoisotopic (exact) mass is 431 g/mol. The van der Waals surface area contributed by atoms with Gasteiger partial charge in [0.25, 0.3) is 0 Å². The van der Waals surface area contributed by atoms with E-state index in [1.807, 2.05) is 52.8 Å². The summed E-state index contributed by atoms with van der Waals surface area (Å²) in [7, 11) is 0. The molecule has 0 bridgehead atoms. The molecule has 3 amide bonds. The number of hydrogen-bond acceptors (Lipinski definition) is 4. The third kappa shape index (κ3) is 8.82. The predicted molar refractivity (Wildman–Crippen MR) is 123 cm³/mol. The molecule has 0 aliphatic heterocycles. The van der Waals surface area contributed by atoms with E-state index in [1.165, 1.54) is 4.90 Å². The van der Waals surface area contributed by atoms with Crippen molar-refractivity contribution in [3.8, 4) is 0 Å². The van der Waals surface area contributed by atoms with Crippen LogP contribution in [0.25, 0.3) is 0 Å². The number of aryl methyl sites for hydroxylation is 2. The summed E-state index contributed by atoms with van der Waals surface area (Å²) in [6, 6.07) is 4.81. The van der Waals surface area contributed by atoms with E-state index >= 15 is 0 Å². The zero-order chi connectivity index (χ0) is 24.0. The minimum Gasteiger partial charge on any atom is -0.444 e. The molecule has 1 aromatic rings. The molecular weight excluding hydrogens is 394 g/mol. The summed E-state index contributed by atoms with van der Waals surface area (Å²) in [5, 5.41) is 5.44. The molecule has 1 aromatic carbocycles. The molecule has 0 fully saturated rings. The fourth-order valence-corrected chi connectivity index (χ4v) is 2.90. The SMILES string of the molecule is C=CCN(C(=O)CNC(=O)OC(C)(C)C)C(C(=O)NC(C)(C)C)c1ccc(C)c(C)c1. The molecule has 0 radical (unpaired) electrons. The molecule has 1 unspecified atom stereocenters. The van der Waals surface area contributed by atoms with Crippen molar-refractivity contribution in [2.24, 2.45) is 0 Å². The molecule has 0 spiro atoms. The van der Waals surface area contributed by atoms with Gasteiger partial charge in [0, 0.05) is 12.1 Å². The number of carbonyl (C=O) groups is 3. The van der Waals surface area contributed by atoms with Gasteiger partial charge in [-0.1, -0.05) is 24.3 Å². The molecule has 1 atom stereocenters. The van der Waals surface area contributed by atoms with Crippen molar-refractivity contribution in [3.05, 3.63) is 47.5 Å². The largest absolute Gasteiger partial charge is 0.444 e. The Bertz CT molecular complexity index is 819. The van der Waals surface area contributed by atoms with Gasteiger partial charge in [-0.05, 0) is 72.1 Å². The molecule has 0 aliphatic carbocycles. The van der Waals surface area contributed by atoms with Gasteiger partial charge in [-0.3, -0.25) is 9.59 Å². The third-order valence-electron chi connectivity index (χ3n) is 4.33. The van der Waals surface area contributed by atoms with Gasteiger partial charge in [-0.25, -0.2) is 4.79 Å². The van der Waals surface area contributed by atoms with E-state index in [0.717, 1.165) is 11.1 Å². The summed E-state index contributed by atoms with van der Waals surface area (Å²) in [6.07, 6.45) is 0.866. The summed E-state index contributed by atoms with van der Waals surface area (Å²) < 4.78 is 5.19. The quantitative estimate of drug-likeness (QED) is 0.643. The van der Waals surface area contributed by atoms with Crippen LogP contribution in [0.5, 0.6) is 0 Å². The summed E-state index contributed by atoms with van der Waals surface area (Å²) in [5.41, 5.74) is 1.64. The average Bonchev–Trinajstić information content (AvgIpc) is 2.59. The number of benzene rings is 1. The molecule has 0 aliphatic rings. The van der Waals surface area contributed by atoms with Crippen LogP contribution in [0.15, 0.2) is 30.9 Å². The van der Waals surface area contributed by atoms with E-state index in [0.29, 0.717) is 5.56 Å². The van der Waals surface area contributed by atoms with Crippen molar-refractivity contribution in [1.82, 2.24) is 15.5 Å². The molecule has 172 valence electrons. The van der Waals surface area contributed by atoms with Crippen molar-refractivity contribution in [2.75, 3.05) is 13.1 Å². The van der Waals surface area contributed by atoms with E-state index < -0.39 is 29.2 Å². The normalized spacial score (nSPS) is 12.5. The van der Waals surface area contributed by atoms with Gasteiger partial charge in [0.05, 0.1) is 0 Å². The number of alkyl carbamates (subject to hydrolysis) is 1. The fraction of sp³-hybridized carbons (Fsp3) is 0.542. The first-order chi connectivity index (χ1) is 14.1. The fourth-order valence-electron chi connectivity index (χ4n) is 2.90. The molecule has 7 heteroatoms. The molecule has 2 N–H and O–H groups in total. The molecular formula is C24H37N3O4. The summed E-state index contributed by atoms with van der Waals surface area (Å²) in [5.74, 6) is -0.721. The van der Waals surface area contributed by atoms with Gasteiger partial charge < -0.3 is 20.3 Å². The minimum atomic E-state index is -0.871. The van der Waals surface area contributed by atoms with E-state index in [-0.39, 0.29) is 19.0 Å². The summed E-state index contributed by atoms with van der Waals surface area (Å²) in [6.45, 7) is 18.4. The first kappa shape index (κ1) is 26.2. The van der Waals surface area contributed by atoms with Gasteiger partial charge in [0.2, 0.25) is 11.8 Å². The van der Waals surface area contributed by atoms with Crippen molar-refractivity contribution in [1.29, 1.82) is 0 Å². The Kier molecular flexibility index (Phi) is 8.85. The third-order valence-corrected chi connectivity index (χ3v) is 4.33. The molecule has 0 saturated heterocycles. The molecule has 1 rings (SSSR count). The zero-order valence-electron chi connectivity index (χ0n) is 20.1. The number of ether oxygens (including phenoxy) is 1. The first-order valence-electron chi connectivity index (χ1n) is 10.4. The Hall–Kier alpha value is -2.83. The van der Waals surface area contributed by atoms with Gasteiger partial charge in [-0.2, -0.15) is 0 Å². The van der Waals surface area contributed by atoms with Crippen LogP contribution in [0.3, 0.4) is 0 Å². The number of carbonyl (C=O) groups excluding carboxylic acids is 3. The number of rotatable bonds is 7. The Labute approximate surface area is 186 Å². The van der Waals surface area contributed by atoms with Gasteiger partial charge >= 0.3 is 6.09 Å². The van der Waals surface area contributed by atoms with Crippen LogP contribution in [-0.4, -0.2) is 47.0 Å². The standard InChI is InChI=1S/C24H37N3O4/c1-10-13-27(19(28)15-25-22(30)31-24(7,8)9)20(21(29)26-23(4,5)6)18-12-11-16(2)17(3)14-18/h10-12,14,20H,1,13,15H2,2-9H3,(H,25,30)(H,26,29). The van der Waals surface area contributed by atoms with Crippen molar-refractivity contribution in [2.45, 2.75) is 72.6 Å². The Morgan fingerprint density at radius 3 is 2.19 bits per heavy atom. The number of amides is 3. The smallest absolute Gasteiger partial charge is 0.408 e.